The van der Waals surface area contributed by atoms with Gasteiger partial charge in [0.1, 0.15) is 0 Å². The van der Waals surface area contributed by atoms with E-state index in [0.717, 1.165) is 41.3 Å². The van der Waals surface area contributed by atoms with Gasteiger partial charge in [-0.15, -0.1) is 0 Å². The zero-order chi connectivity index (χ0) is 17.6. The molecular weight excluding hydrogens is 316 g/mol. The van der Waals surface area contributed by atoms with Gasteiger partial charge in [0.25, 0.3) is 0 Å². The highest BCUT2D eigenvalue weighted by molar-refractivity contribution is 5.92. The van der Waals surface area contributed by atoms with E-state index >= 15 is 0 Å². The molecule has 5 nitrogen and oxygen atoms in total. The maximum Gasteiger partial charge on any atom is 0.231 e. The highest BCUT2D eigenvalue weighted by Gasteiger charge is 2.14. The average molecular weight is 340 g/mol. The summed E-state index contributed by atoms with van der Waals surface area (Å²) in [4.78, 5) is 12.1. The Balaban J connectivity index is 1.55. The SMILES string of the molecule is CCC(CC)C(=O)Nc1ccc(NCc2ccc3c(c2)OCO3)cc1. The highest BCUT2D eigenvalue weighted by Crippen LogP contribution is 2.32. The molecule has 0 aliphatic carbocycles. The number of fused-ring (bicyclic) bond motifs is 1. The van der Waals surface area contributed by atoms with Crippen molar-refractivity contribution in [1.82, 2.24) is 0 Å². The molecule has 0 fully saturated rings. The molecule has 2 aromatic rings. The molecule has 25 heavy (non-hydrogen) atoms. The van der Waals surface area contributed by atoms with Gasteiger partial charge in [0.2, 0.25) is 12.7 Å². The molecule has 0 atom stereocenters. The van der Waals surface area contributed by atoms with Gasteiger partial charge in [-0.25, -0.2) is 0 Å². The second-order valence-electron chi connectivity index (χ2n) is 6.12. The van der Waals surface area contributed by atoms with Crippen molar-refractivity contribution < 1.29 is 14.3 Å². The third-order valence-corrected chi connectivity index (χ3v) is 4.44. The normalized spacial score (nSPS) is 12.3. The van der Waals surface area contributed by atoms with Gasteiger partial charge in [-0.05, 0) is 54.8 Å². The number of benzene rings is 2. The van der Waals surface area contributed by atoms with Gasteiger partial charge < -0.3 is 20.1 Å². The Hall–Kier alpha value is -2.69. The van der Waals surface area contributed by atoms with Crippen molar-refractivity contribution in [3.8, 4) is 11.5 Å². The van der Waals surface area contributed by atoms with Crippen LogP contribution < -0.4 is 20.1 Å². The summed E-state index contributed by atoms with van der Waals surface area (Å²) in [5.41, 5.74) is 2.94. The van der Waals surface area contributed by atoms with Crippen molar-refractivity contribution in [2.75, 3.05) is 17.4 Å². The molecule has 0 spiro atoms. The first-order valence-electron chi connectivity index (χ1n) is 8.73. The zero-order valence-electron chi connectivity index (χ0n) is 14.7. The maximum absolute atomic E-state index is 12.1. The van der Waals surface area contributed by atoms with Crippen LogP contribution in [0.5, 0.6) is 11.5 Å². The zero-order valence-corrected chi connectivity index (χ0v) is 14.7. The number of carbonyl (C=O) groups excluding carboxylic acids is 1. The van der Waals surface area contributed by atoms with Crippen LogP contribution in [0.1, 0.15) is 32.3 Å². The van der Waals surface area contributed by atoms with E-state index in [2.05, 4.69) is 10.6 Å². The van der Waals surface area contributed by atoms with Crippen LogP contribution in [0.15, 0.2) is 42.5 Å². The lowest BCUT2D eigenvalue weighted by atomic mass is 10.0. The van der Waals surface area contributed by atoms with Gasteiger partial charge in [0, 0.05) is 23.8 Å². The Kier molecular flexibility index (Phi) is 5.43. The molecule has 0 saturated carbocycles. The average Bonchev–Trinajstić information content (AvgIpc) is 3.10. The molecule has 132 valence electrons. The molecule has 2 N–H and O–H groups in total. The Morgan fingerprint density at radius 3 is 2.40 bits per heavy atom. The number of amides is 1. The minimum Gasteiger partial charge on any atom is -0.454 e. The molecule has 0 saturated heterocycles. The first-order chi connectivity index (χ1) is 12.2. The molecule has 1 heterocycles. The van der Waals surface area contributed by atoms with Crippen molar-refractivity contribution in [3.05, 3.63) is 48.0 Å². The fourth-order valence-electron chi connectivity index (χ4n) is 2.83. The van der Waals surface area contributed by atoms with Crippen molar-refractivity contribution in [2.45, 2.75) is 33.2 Å². The van der Waals surface area contributed by atoms with Crippen LogP contribution in [-0.2, 0) is 11.3 Å². The van der Waals surface area contributed by atoms with Crippen molar-refractivity contribution in [1.29, 1.82) is 0 Å². The summed E-state index contributed by atoms with van der Waals surface area (Å²) in [6, 6.07) is 13.7. The summed E-state index contributed by atoms with van der Waals surface area (Å²) >= 11 is 0. The third kappa shape index (κ3) is 4.24. The van der Waals surface area contributed by atoms with Crippen LogP contribution in [0.2, 0.25) is 0 Å². The summed E-state index contributed by atoms with van der Waals surface area (Å²) < 4.78 is 10.7. The molecule has 0 unspecified atom stereocenters. The molecule has 1 aliphatic rings. The number of anilines is 2. The number of nitrogens with one attached hydrogen (secondary N) is 2. The Labute approximate surface area is 148 Å². The first kappa shape index (κ1) is 17.1. The van der Waals surface area contributed by atoms with Gasteiger partial charge in [-0.1, -0.05) is 19.9 Å². The van der Waals surface area contributed by atoms with E-state index in [1.807, 2.05) is 56.3 Å². The number of ether oxygens (including phenoxy) is 2. The van der Waals surface area contributed by atoms with Gasteiger partial charge in [0.15, 0.2) is 11.5 Å². The standard InChI is InChI=1S/C20H24N2O3/c1-3-15(4-2)20(23)22-17-8-6-16(7-9-17)21-12-14-5-10-18-19(11-14)25-13-24-18/h5-11,15,21H,3-4,12-13H2,1-2H3,(H,22,23). The fourth-order valence-corrected chi connectivity index (χ4v) is 2.83. The Morgan fingerprint density at radius 1 is 1.00 bits per heavy atom. The van der Waals surface area contributed by atoms with Gasteiger partial charge in [-0.3, -0.25) is 4.79 Å². The molecule has 0 aromatic heterocycles. The molecule has 3 rings (SSSR count). The Bertz CT molecular complexity index is 724. The summed E-state index contributed by atoms with van der Waals surface area (Å²) in [5, 5.41) is 6.34. The number of carbonyl (C=O) groups is 1. The smallest absolute Gasteiger partial charge is 0.231 e. The van der Waals surface area contributed by atoms with Crippen LogP contribution in [-0.4, -0.2) is 12.7 Å². The fraction of sp³-hybridized carbons (Fsp3) is 0.350. The molecular formula is C20H24N2O3. The van der Waals surface area contributed by atoms with Crippen LogP contribution in [0.4, 0.5) is 11.4 Å². The van der Waals surface area contributed by atoms with Crippen molar-refractivity contribution in [2.24, 2.45) is 5.92 Å². The second kappa shape index (κ2) is 7.92. The van der Waals surface area contributed by atoms with Crippen molar-refractivity contribution >= 4 is 17.3 Å². The van der Waals surface area contributed by atoms with Crippen LogP contribution >= 0.6 is 0 Å². The van der Waals surface area contributed by atoms with E-state index in [0.29, 0.717) is 6.54 Å². The quantitative estimate of drug-likeness (QED) is 0.784. The lowest BCUT2D eigenvalue weighted by molar-refractivity contribution is -0.120. The summed E-state index contributed by atoms with van der Waals surface area (Å²) in [5.74, 6) is 1.75. The van der Waals surface area contributed by atoms with E-state index in [-0.39, 0.29) is 18.6 Å². The highest BCUT2D eigenvalue weighted by atomic mass is 16.7. The monoisotopic (exact) mass is 340 g/mol. The van der Waals surface area contributed by atoms with E-state index in [1.165, 1.54) is 0 Å². The predicted molar refractivity (Wildman–Crippen MR) is 99.0 cm³/mol. The van der Waals surface area contributed by atoms with Gasteiger partial charge in [-0.2, -0.15) is 0 Å². The maximum atomic E-state index is 12.1. The third-order valence-electron chi connectivity index (χ3n) is 4.44. The first-order valence-corrected chi connectivity index (χ1v) is 8.73. The summed E-state index contributed by atoms with van der Waals surface area (Å²) in [6.07, 6.45) is 1.72. The number of rotatable bonds is 7. The van der Waals surface area contributed by atoms with E-state index in [1.54, 1.807) is 0 Å². The van der Waals surface area contributed by atoms with Gasteiger partial charge in [0.05, 0.1) is 0 Å². The molecule has 1 amide bonds. The second-order valence-corrected chi connectivity index (χ2v) is 6.12. The molecule has 2 aromatic carbocycles. The summed E-state index contributed by atoms with van der Waals surface area (Å²) in [6.45, 7) is 5.06. The number of hydrogen-bond donors (Lipinski definition) is 2. The molecule has 0 radical (unpaired) electrons. The van der Waals surface area contributed by atoms with Crippen LogP contribution in [0.3, 0.4) is 0 Å². The molecule has 0 bridgehead atoms. The van der Waals surface area contributed by atoms with Crippen LogP contribution in [0, 0.1) is 5.92 Å². The van der Waals surface area contributed by atoms with E-state index in [9.17, 15) is 4.79 Å². The predicted octanol–water partition coefficient (Wildman–Crippen LogP) is 4.40. The Morgan fingerprint density at radius 2 is 1.68 bits per heavy atom. The van der Waals surface area contributed by atoms with Crippen molar-refractivity contribution in [3.63, 3.8) is 0 Å². The minimum atomic E-state index is 0.0730. The van der Waals surface area contributed by atoms with E-state index in [4.69, 9.17) is 9.47 Å². The van der Waals surface area contributed by atoms with Crippen LogP contribution in [0.25, 0.3) is 0 Å². The van der Waals surface area contributed by atoms with Gasteiger partial charge >= 0.3 is 0 Å². The van der Waals surface area contributed by atoms with E-state index < -0.39 is 0 Å². The molecule has 5 heteroatoms. The summed E-state index contributed by atoms with van der Waals surface area (Å²) in [7, 11) is 0. The lowest BCUT2D eigenvalue weighted by Crippen LogP contribution is -2.21. The minimum absolute atomic E-state index is 0.0730. The largest absolute Gasteiger partial charge is 0.454 e. The lowest BCUT2D eigenvalue weighted by Gasteiger charge is -2.13. The number of hydrogen-bond acceptors (Lipinski definition) is 4. The molecule has 1 aliphatic heterocycles. The topological polar surface area (TPSA) is 59.6 Å².